The van der Waals surface area contributed by atoms with Gasteiger partial charge in [0.15, 0.2) is 0 Å². The molecule has 0 bridgehead atoms. The third kappa shape index (κ3) is 2.84. The summed E-state index contributed by atoms with van der Waals surface area (Å²) < 4.78 is 0. The Balaban J connectivity index is 1.83. The molecule has 2 aromatic rings. The minimum Gasteiger partial charge on any atom is -0.365 e. The molecule has 20 heavy (non-hydrogen) atoms. The first-order valence-corrected chi connectivity index (χ1v) is 8.20. The van der Waals surface area contributed by atoms with E-state index >= 15 is 0 Å². The number of rotatable bonds is 3. The number of anilines is 1. The summed E-state index contributed by atoms with van der Waals surface area (Å²) in [6, 6.07) is 17.7. The first kappa shape index (κ1) is 13.5. The van der Waals surface area contributed by atoms with Crippen molar-refractivity contribution < 1.29 is 0 Å². The van der Waals surface area contributed by atoms with E-state index in [4.69, 9.17) is 5.73 Å². The van der Waals surface area contributed by atoms with Crippen LogP contribution in [0, 0.1) is 0 Å². The summed E-state index contributed by atoms with van der Waals surface area (Å²) in [6.07, 6.45) is 3.09. The van der Waals surface area contributed by atoms with E-state index in [9.17, 15) is 0 Å². The van der Waals surface area contributed by atoms with Crippen molar-refractivity contribution in [2.45, 2.75) is 23.9 Å². The van der Waals surface area contributed by atoms with Crippen LogP contribution in [0.1, 0.15) is 11.1 Å². The highest BCUT2D eigenvalue weighted by molar-refractivity contribution is 7.98. The molecular weight excluding hydrogens is 264 g/mol. The second-order valence-corrected chi connectivity index (χ2v) is 6.20. The lowest BCUT2D eigenvalue weighted by Gasteiger charge is -2.34. The van der Waals surface area contributed by atoms with E-state index in [1.165, 1.54) is 21.7 Å². The fourth-order valence-corrected chi connectivity index (χ4v) is 3.23. The smallest absolute Gasteiger partial charge is 0.0430 e. The Hall–Kier alpha value is -1.45. The third-order valence-electron chi connectivity index (χ3n) is 3.80. The Kier molecular flexibility index (Phi) is 3.99. The molecule has 0 spiro atoms. The zero-order chi connectivity index (χ0) is 13.9. The SMILES string of the molecule is CSc1ccc(CN2CC(N)Cc3ccccc32)cc1. The second-order valence-electron chi connectivity index (χ2n) is 5.32. The van der Waals surface area contributed by atoms with Gasteiger partial charge in [-0.1, -0.05) is 30.3 Å². The number of benzene rings is 2. The topological polar surface area (TPSA) is 29.3 Å². The average Bonchev–Trinajstić information content (AvgIpc) is 2.48. The van der Waals surface area contributed by atoms with Gasteiger partial charge >= 0.3 is 0 Å². The van der Waals surface area contributed by atoms with Crippen LogP contribution in [0.25, 0.3) is 0 Å². The quantitative estimate of drug-likeness (QED) is 0.877. The van der Waals surface area contributed by atoms with Crippen molar-refractivity contribution >= 4 is 17.4 Å². The van der Waals surface area contributed by atoms with Gasteiger partial charge in [0, 0.05) is 29.7 Å². The molecule has 2 nitrogen and oxygen atoms in total. The molecule has 2 aromatic carbocycles. The lowest BCUT2D eigenvalue weighted by molar-refractivity contribution is 0.599. The maximum atomic E-state index is 6.19. The summed E-state index contributed by atoms with van der Waals surface area (Å²) in [5, 5.41) is 0. The van der Waals surface area contributed by atoms with E-state index in [2.05, 4.69) is 59.7 Å². The molecule has 3 rings (SSSR count). The normalized spacial score (nSPS) is 17.9. The van der Waals surface area contributed by atoms with Crippen molar-refractivity contribution in [3.8, 4) is 0 Å². The van der Waals surface area contributed by atoms with Gasteiger partial charge in [-0.05, 0) is 42.0 Å². The molecule has 1 unspecified atom stereocenters. The molecule has 0 aliphatic carbocycles. The van der Waals surface area contributed by atoms with Crippen LogP contribution in [0.3, 0.4) is 0 Å². The van der Waals surface area contributed by atoms with Crippen molar-refractivity contribution in [2.24, 2.45) is 5.73 Å². The molecule has 0 fully saturated rings. The van der Waals surface area contributed by atoms with Crippen molar-refractivity contribution in [3.63, 3.8) is 0 Å². The maximum Gasteiger partial charge on any atom is 0.0430 e. The van der Waals surface area contributed by atoms with Gasteiger partial charge in [-0.3, -0.25) is 0 Å². The Morgan fingerprint density at radius 2 is 1.90 bits per heavy atom. The van der Waals surface area contributed by atoms with E-state index in [1.54, 1.807) is 11.8 Å². The Morgan fingerprint density at radius 1 is 1.15 bits per heavy atom. The fraction of sp³-hybridized carbons (Fsp3) is 0.294. The van der Waals surface area contributed by atoms with Crippen LogP contribution in [0.15, 0.2) is 53.4 Å². The van der Waals surface area contributed by atoms with Crippen LogP contribution in [0.5, 0.6) is 0 Å². The van der Waals surface area contributed by atoms with Gasteiger partial charge in [0.2, 0.25) is 0 Å². The summed E-state index contributed by atoms with van der Waals surface area (Å²) in [4.78, 5) is 3.71. The Morgan fingerprint density at radius 3 is 2.65 bits per heavy atom. The van der Waals surface area contributed by atoms with Gasteiger partial charge < -0.3 is 10.6 Å². The second kappa shape index (κ2) is 5.90. The lowest BCUT2D eigenvalue weighted by atomic mass is 9.98. The molecule has 1 atom stereocenters. The molecule has 1 aliphatic rings. The number of hydrogen-bond acceptors (Lipinski definition) is 3. The predicted octanol–water partition coefficient (Wildman–Crippen LogP) is 3.30. The van der Waals surface area contributed by atoms with E-state index in [1.807, 2.05) is 0 Å². The number of para-hydroxylation sites is 1. The van der Waals surface area contributed by atoms with Crippen LogP contribution in [-0.4, -0.2) is 18.8 Å². The van der Waals surface area contributed by atoms with Gasteiger partial charge in [-0.25, -0.2) is 0 Å². The third-order valence-corrected chi connectivity index (χ3v) is 4.55. The molecule has 1 heterocycles. The number of nitrogens with zero attached hydrogens (tertiary/aromatic N) is 1. The van der Waals surface area contributed by atoms with E-state index < -0.39 is 0 Å². The Labute approximate surface area is 125 Å². The molecule has 0 saturated carbocycles. The molecule has 0 radical (unpaired) electrons. The molecule has 0 saturated heterocycles. The lowest BCUT2D eigenvalue weighted by Crippen LogP contribution is -2.42. The summed E-state index contributed by atoms with van der Waals surface area (Å²) >= 11 is 1.78. The minimum atomic E-state index is 0.232. The van der Waals surface area contributed by atoms with Crippen LogP contribution in [0.4, 0.5) is 5.69 Å². The van der Waals surface area contributed by atoms with Gasteiger partial charge in [0.05, 0.1) is 0 Å². The van der Waals surface area contributed by atoms with Crippen LogP contribution in [-0.2, 0) is 13.0 Å². The summed E-state index contributed by atoms with van der Waals surface area (Å²) in [5.41, 5.74) is 10.2. The maximum absolute atomic E-state index is 6.19. The van der Waals surface area contributed by atoms with Crippen molar-refractivity contribution in [2.75, 3.05) is 17.7 Å². The van der Waals surface area contributed by atoms with Gasteiger partial charge in [-0.15, -0.1) is 11.8 Å². The highest BCUT2D eigenvalue weighted by Crippen LogP contribution is 2.28. The van der Waals surface area contributed by atoms with E-state index in [0.29, 0.717) is 0 Å². The van der Waals surface area contributed by atoms with Gasteiger partial charge in [0.25, 0.3) is 0 Å². The molecule has 1 aliphatic heterocycles. The average molecular weight is 284 g/mol. The number of hydrogen-bond donors (Lipinski definition) is 1. The zero-order valence-electron chi connectivity index (χ0n) is 11.8. The van der Waals surface area contributed by atoms with Gasteiger partial charge in [0.1, 0.15) is 0 Å². The van der Waals surface area contributed by atoms with Crippen molar-refractivity contribution in [3.05, 3.63) is 59.7 Å². The molecule has 0 aromatic heterocycles. The summed E-state index contributed by atoms with van der Waals surface area (Å²) in [6.45, 7) is 1.86. The van der Waals surface area contributed by atoms with Crippen LogP contribution >= 0.6 is 11.8 Å². The first-order valence-electron chi connectivity index (χ1n) is 6.97. The number of thioether (sulfide) groups is 1. The van der Waals surface area contributed by atoms with E-state index in [-0.39, 0.29) is 6.04 Å². The molecule has 2 N–H and O–H groups in total. The summed E-state index contributed by atoms with van der Waals surface area (Å²) in [5.74, 6) is 0. The number of fused-ring (bicyclic) bond motifs is 1. The molecule has 104 valence electrons. The minimum absolute atomic E-state index is 0.232. The molecule has 3 heteroatoms. The molecule has 0 amide bonds. The number of nitrogens with two attached hydrogens (primary N) is 1. The molecular formula is C17H20N2S. The predicted molar refractivity (Wildman–Crippen MR) is 87.4 cm³/mol. The fourth-order valence-electron chi connectivity index (χ4n) is 2.82. The van der Waals surface area contributed by atoms with Crippen molar-refractivity contribution in [1.29, 1.82) is 0 Å². The summed E-state index contributed by atoms with van der Waals surface area (Å²) in [7, 11) is 0. The van der Waals surface area contributed by atoms with Crippen LogP contribution in [0.2, 0.25) is 0 Å². The first-order chi connectivity index (χ1) is 9.76. The monoisotopic (exact) mass is 284 g/mol. The highest BCUT2D eigenvalue weighted by Gasteiger charge is 2.21. The van der Waals surface area contributed by atoms with E-state index in [0.717, 1.165) is 19.5 Å². The Bertz CT molecular complexity index is 580. The highest BCUT2D eigenvalue weighted by atomic mass is 32.2. The zero-order valence-corrected chi connectivity index (χ0v) is 12.6. The van der Waals surface area contributed by atoms with Crippen LogP contribution < -0.4 is 10.6 Å². The standard InChI is InChI=1S/C17H20N2S/c1-20-16-8-6-13(7-9-16)11-19-12-15(18)10-14-4-2-3-5-17(14)19/h2-9,15H,10-12,18H2,1H3. The van der Waals surface area contributed by atoms with Gasteiger partial charge in [-0.2, -0.15) is 0 Å². The largest absolute Gasteiger partial charge is 0.365 e. The van der Waals surface area contributed by atoms with Crippen molar-refractivity contribution in [1.82, 2.24) is 0 Å².